The zero-order valence-electron chi connectivity index (χ0n) is 12.6. The van der Waals surface area contributed by atoms with Crippen LogP contribution in [0.25, 0.3) is 0 Å². The number of benzene rings is 1. The highest BCUT2D eigenvalue weighted by Gasteiger charge is 2.15. The molecule has 0 radical (unpaired) electrons. The monoisotopic (exact) mass is 315 g/mol. The third kappa shape index (κ3) is 5.44. The highest BCUT2D eigenvalue weighted by molar-refractivity contribution is 6.32. The third-order valence-corrected chi connectivity index (χ3v) is 3.23. The van der Waals surface area contributed by atoms with Gasteiger partial charge in [0, 0.05) is 6.04 Å². The molecule has 0 spiro atoms. The lowest BCUT2D eigenvalue weighted by Gasteiger charge is -2.15. The summed E-state index contributed by atoms with van der Waals surface area (Å²) in [4.78, 5) is 11.3. The van der Waals surface area contributed by atoms with Gasteiger partial charge >= 0.3 is 5.97 Å². The van der Waals surface area contributed by atoms with Gasteiger partial charge in [-0.05, 0) is 37.5 Å². The minimum Gasteiger partial charge on any atom is -0.493 e. The van der Waals surface area contributed by atoms with Crippen LogP contribution in [0.3, 0.4) is 0 Å². The van der Waals surface area contributed by atoms with Gasteiger partial charge in [0.15, 0.2) is 18.1 Å². The van der Waals surface area contributed by atoms with E-state index in [2.05, 4.69) is 0 Å². The maximum Gasteiger partial charge on any atom is 0.344 e. The lowest BCUT2D eigenvalue weighted by molar-refractivity contribution is -0.145. The fourth-order valence-electron chi connectivity index (χ4n) is 1.81. The number of nitrogens with two attached hydrogens (primary N) is 1. The molecular formula is C15H22ClNO4. The summed E-state index contributed by atoms with van der Waals surface area (Å²) in [5.74, 6) is 0.360. The number of methoxy groups -OCH3 is 1. The van der Waals surface area contributed by atoms with Crippen LogP contribution in [0, 0.1) is 0 Å². The molecule has 0 aromatic heterocycles. The minimum atomic E-state index is -0.451. The SMILES string of the molecule is CCOC(=O)COc1c(Cl)cc(CC(N)CC)cc1OC. The Balaban J connectivity index is 2.86. The van der Waals surface area contributed by atoms with E-state index in [1.54, 1.807) is 13.0 Å². The zero-order valence-corrected chi connectivity index (χ0v) is 13.4. The van der Waals surface area contributed by atoms with E-state index in [4.69, 9.17) is 31.5 Å². The molecule has 0 amide bonds. The van der Waals surface area contributed by atoms with E-state index in [1.165, 1.54) is 7.11 Å². The molecule has 0 aliphatic heterocycles. The molecule has 0 fully saturated rings. The van der Waals surface area contributed by atoms with Crippen molar-refractivity contribution in [2.75, 3.05) is 20.3 Å². The summed E-state index contributed by atoms with van der Waals surface area (Å²) in [6, 6.07) is 3.67. The fraction of sp³-hybridized carbons (Fsp3) is 0.533. The number of ether oxygens (including phenoxy) is 3. The smallest absolute Gasteiger partial charge is 0.344 e. The van der Waals surface area contributed by atoms with Gasteiger partial charge in [0.05, 0.1) is 18.7 Å². The van der Waals surface area contributed by atoms with Crippen molar-refractivity contribution in [2.45, 2.75) is 32.7 Å². The Bertz CT molecular complexity index is 479. The maximum atomic E-state index is 11.3. The molecule has 0 saturated heterocycles. The van der Waals surface area contributed by atoms with Crippen LogP contribution < -0.4 is 15.2 Å². The summed E-state index contributed by atoms with van der Waals surface area (Å²) in [6.45, 7) is 3.86. The van der Waals surface area contributed by atoms with Crippen LogP contribution in [0.4, 0.5) is 0 Å². The first-order valence-corrected chi connectivity index (χ1v) is 7.29. The van der Waals surface area contributed by atoms with Crippen molar-refractivity contribution in [3.05, 3.63) is 22.7 Å². The van der Waals surface area contributed by atoms with E-state index >= 15 is 0 Å². The quantitative estimate of drug-likeness (QED) is 0.747. The largest absolute Gasteiger partial charge is 0.493 e. The van der Waals surface area contributed by atoms with Crippen molar-refractivity contribution >= 4 is 17.6 Å². The second-order valence-electron chi connectivity index (χ2n) is 4.58. The lowest BCUT2D eigenvalue weighted by Crippen LogP contribution is -2.21. The average Bonchev–Trinajstić information content (AvgIpc) is 2.45. The topological polar surface area (TPSA) is 70.8 Å². The van der Waals surface area contributed by atoms with Gasteiger partial charge in [-0.2, -0.15) is 0 Å². The van der Waals surface area contributed by atoms with Gasteiger partial charge in [-0.25, -0.2) is 4.79 Å². The molecule has 0 heterocycles. The Labute approximate surface area is 130 Å². The van der Waals surface area contributed by atoms with Gasteiger partial charge < -0.3 is 19.9 Å². The molecule has 1 aromatic rings. The molecule has 0 aliphatic rings. The van der Waals surface area contributed by atoms with Crippen molar-refractivity contribution in [2.24, 2.45) is 5.73 Å². The van der Waals surface area contributed by atoms with Crippen LogP contribution in [-0.2, 0) is 16.0 Å². The highest BCUT2D eigenvalue weighted by atomic mass is 35.5. The van der Waals surface area contributed by atoms with Gasteiger partial charge in [-0.15, -0.1) is 0 Å². The van der Waals surface area contributed by atoms with Gasteiger partial charge in [-0.1, -0.05) is 18.5 Å². The first kappa shape index (κ1) is 17.6. The molecule has 1 aromatic carbocycles. The zero-order chi connectivity index (χ0) is 15.8. The number of hydrogen-bond donors (Lipinski definition) is 1. The third-order valence-electron chi connectivity index (χ3n) is 2.95. The number of carbonyl (C=O) groups excluding carboxylic acids is 1. The van der Waals surface area contributed by atoms with E-state index in [0.29, 0.717) is 29.5 Å². The number of carbonyl (C=O) groups is 1. The Hall–Kier alpha value is -1.46. The predicted molar refractivity (Wildman–Crippen MR) is 82.1 cm³/mol. The van der Waals surface area contributed by atoms with Crippen molar-refractivity contribution in [1.82, 2.24) is 0 Å². The molecule has 0 aliphatic carbocycles. The van der Waals surface area contributed by atoms with Crippen molar-refractivity contribution < 1.29 is 19.0 Å². The van der Waals surface area contributed by atoms with Crippen LogP contribution in [-0.4, -0.2) is 32.3 Å². The maximum absolute atomic E-state index is 11.3. The van der Waals surface area contributed by atoms with Crippen molar-refractivity contribution in [1.29, 1.82) is 0 Å². The van der Waals surface area contributed by atoms with Crippen LogP contribution in [0.5, 0.6) is 11.5 Å². The van der Waals surface area contributed by atoms with Gasteiger partial charge in [-0.3, -0.25) is 0 Å². The normalized spacial score (nSPS) is 11.9. The highest BCUT2D eigenvalue weighted by Crippen LogP contribution is 2.36. The number of hydrogen-bond acceptors (Lipinski definition) is 5. The Morgan fingerprint density at radius 1 is 1.38 bits per heavy atom. The number of esters is 1. The average molecular weight is 316 g/mol. The second kappa shape index (κ2) is 8.74. The van der Waals surface area contributed by atoms with Gasteiger partial charge in [0.1, 0.15) is 0 Å². The number of rotatable bonds is 8. The molecule has 2 N–H and O–H groups in total. The van der Waals surface area contributed by atoms with Crippen LogP contribution in [0.15, 0.2) is 12.1 Å². The summed E-state index contributed by atoms with van der Waals surface area (Å²) in [5.41, 5.74) is 6.91. The van der Waals surface area contributed by atoms with E-state index in [0.717, 1.165) is 12.0 Å². The van der Waals surface area contributed by atoms with Crippen molar-refractivity contribution in [3.63, 3.8) is 0 Å². The minimum absolute atomic E-state index is 0.0667. The molecular weight excluding hydrogens is 294 g/mol. The molecule has 6 heteroatoms. The fourth-order valence-corrected chi connectivity index (χ4v) is 2.10. The Morgan fingerprint density at radius 2 is 2.10 bits per heavy atom. The molecule has 1 unspecified atom stereocenters. The van der Waals surface area contributed by atoms with E-state index in [-0.39, 0.29) is 12.6 Å². The molecule has 118 valence electrons. The molecule has 0 bridgehead atoms. The van der Waals surface area contributed by atoms with E-state index in [1.807, 2.05) is 13.0 Å². The first-order valence-electron chi connectivity index (χ1n) is 6.92. The predicted octanol–water partition coefficient (Wildman–Crippen LogP) is 2.57. The first-order chi connectivity index (χ1) is 10.0. The second-order valence-corrected chi connectivity index (χ2v) is 4.98. The van der Waals surface area contributed by atoms with Crippen molar-refractivity contribution in [3.8, 4) is 11.5 Å². The van der Waals surface area contributed by atoms with E-state index in [9.17, 15) is 4.79 Å². The molecule has 5 nitrogen and oxygen atoms in total. The summed E-state index contributed by atoms with van der Waals surface area (Å²) in [6.07, 6.45) is 1.58. The molecule has 0 saturated carbocycles. The van der Waals surface area contributed by atoms with Crippen LogP contribution in [0.1, 0.15) is 25.8 Å². The molecule has 1 rings (SSSR count). The Morgan fingerprint density at radius 3 is 2.67 bits per heavy atom. The number of halogens is 1. The molecule has 21 heavy (non-hydrogen) atoms. The Kier molecular flexibility index (Phi) is 7.32. The summed E-state index contributed by atoms with van der Waals surface area (Å²) in [5, 5.41) is 0.386. The van der Waals surface area contributed by atoms with Crippen LogP contribution in [0.2, 0.25) is 5.02 Å². The standard InChI is InChI=1S/C15H22ClNO4/c1-4-11(17)6-10-7-12(16)15(13(8-10)19-3)21-9-14(18)20-5-2/h7-8,11H,4-6,9,17H2,1-3H3. The van der Waals surface area contributed by atoms with Gasteiger partial charge in [0.25, 0.3) is 0 Å². The van der Waals surface area contributed by atoms with Crippen LogP contribution >= 0.6 is 11.6 Å². The lowest BCUT2D eigenvalue weighted by atomic mass is 10.0. The van der Waals surface area contributed by atoms with E-state index < -0.39 is 5.97 Å². The summed E-state index contributed by atoms with van der Waals surface area (Å²) in [7, 11) is 1.52. The van der Waals surface area contributed by atoms with Gasteiger partial charge in [0.2, 0.25) is 0 Å². The molecule has 1 atom stereocenters. The summed E-state index contributed by atoms with van der Waals surface area (Å²) >= 11 is 6.20. The summed E-state index contributed by atoms with van der Waals surface area (Å²) < 4.78 is 15.5.